The fraction of sp³-hybridized carbons (Fsp3) is 0.429. The maximum absolute atomic E-state index is 5.47. The largest absolute Gasteiger partial charge is 0.338 e. The first-order chi connectivity index (χ1) is 9.28. The minimum Gasteiger partial charge on any atom is -0.338 e. The second-order valence-corrected chi connectivity index (χ2v) is 4.98. The standard InChI is InChI=1S/C14H18N4O/c1-18(9-13-16-14(8-15)19-17-13)12-7-6-10-4-2-3-5-11(10)12/h2-5,12H,6-9,15H2,1H3. The van der Waals surface area contributed by atoms with Crippen molar-refractivity contribution in [3.05, 3.63) is 47.1 Å². The highest BCUT2D eigenvalue weighted by Crippen LogP contribution is 2.35. The number of hydrogen-bond acceptors (Lipinski definition) is 5. The van der Waals surface area contributed by atoms with Crippen LogP contribution < -0.4 is 5.73 Å². The zero-order valence-electron chi connectivity index (χ0n) is 11.0. The van der Waals surface area contributed by atoms with Crippen LogP contribution in [0.15, 0.2) is 28.8 Å². The van der Waals surface area contributed by atoms with Gasteiger partial charge in [-0.05, 0) is 31.0 Å². The lowest BCUT2D eigenvalue weighted by atomic mass is 10.1. The Bertz CT molecular complexity index is 566. The SMILES string of the molecule is CN(Cc1noc(CN)n1)C1CCc2ccccc21. The van der Waals surface area contributed by atoms with Gasteiger partial charge in [0.1, 0.15) is 0 Å². The zero-order chi connectivity index (χ0) is 13.2. The molecule has 5 nitrogen and oxygen atoms in total. The van der Waals surface area contributed by atoms with Crippen molar-refractivity contribution in [3.8, 4) is 0 Å². The van der Waals surface area contributed by atoms with Crippen molar-refractivity contribution in [3.63, 3.8) is 0 Å². The van der Waals surface area contributed by atoms with E-state index in [4.69, 9.17) is 10.3 Å². The van der Waals surface area contributed by atoms with Gasteiger partial charge in [-0.2, -0.15) is 4.98 Å². The number of rotatable bonds is 4. The Morgan fingerprint density at radius 1 is 1.42 bits per heavy atom. The maximum Gasteiger partial charge on any atom is 0.240 e. The van der Waals surface area contributed by atoms with Gasteiger partial charge in [-0.25, -0.2) is 0 Å². The van der Waals surface area contributed by atoms with E-state index in [-0.39, 0.29) is 0 Å². The van der Waals surface area contributed by atoms with E-state index in [0.717, 1.165) is 12.8 Å². The van der Waals surface area contributed by atoms with Gasteiger partial charge in [-0.3, -0.25) is 4.90 Å². The van der Waals surface area contributed by atoms with Gasteiger partial charge < -0.3 is 10.3 Å². The summed E-state index contributed by atoms with van der Waals surface area (Å²) in [4.78, 5) is 6.53. The van der Waals surface area contributed by atoms with Crippen LogP contribution in [0.4, 0.5) is 0 Å². The summed E-state index contributed by atoms with van der Waals surface area (Å²) in [7, 11) is 2.10. The molecule has 0 spiro atoms. The van der Waals surface area contributed by atoms with Crippen molar-refractivity contribution in [2.45, 2.75) is 32.0 Å². The molecule has 1 unspecified atom stereocenters. The fourth-order valence-electron chi connectivity index (χ4n) is 2.76. The fourth-order valence-corrected chi connectivity index (χ4v) is 2.76. The van der Waals surface area contributed by atoms with Crippen LogP contribution >= 0.6 is 0 Å². The van der Waals surface area contributed by atoms with Gasteiger partial charge in [0.15, 0.2) is 5.82 Å². The first-order valence-electron chi connectivity index (χ1n) is 6.57. The molecule has 3 rings (SSSR count). The molecule has 5 heteroatoms. The molecule has 2 N–H and O–H groups in total. The molecule has 1 aromatic carbocycles. The highest BCUT2D eigenvalue weighted by Gasteiger charge is 2.26. The monoisotopic (exact) mass is 258 g/mol. The average molecular weight is 258 g/mol. The topological polar surface area (TPSA) is 68.2 Å². The Morgan fingerprint density at radius 3 is 3.05 bits per heavy atom. The first-order valence-corrected chi connectivity index (χ1v) is 6.57. The van der Waals surface area contributed by atoms with Crippen LogP contribution in [0.3, 0.4) is 0 Å². The van der Waals surface area contributed by atoms with Crippen molar-refractivity contribution in [2.75, 3.05) is 7.05 Å². The molecule has 2 aromatic rings. The van der Waals surface area contributed by atoms with E-state index in [1.54, 1.807) is 0 Å². The number of aromatic nitrogens is 2. The Kier molecular flexibility index (Phi) is 3.31. The summed E-state index contributed by atoms with van der Waals surface area (Å²) >= 11 is 0. The molecule has 0 bridgehead atoms. The maximum atomic E-state index is 5.47. The number of benzene rings is 1. The minimum absolute atomic E-state index is 0.295. The molecule has 100 valence electrons. The Labute approximate surface area is 112 Å². The van der Waals surface area contributed by atoms with E-state index in [2.05, 4.69) is 46.4 Å². The second kappa shape index (κ2) is 5.11. The summed E-state index contributed by atoms with van der Waals surface area (Å²) in [6.45, 7) is 0.978. The van der Waals surface area contributed by atoms with Crippen LogP contribution in [0.25, 0.3) is 0 Å². The predicted octanol–water partition coefficient (Wildman–Crippen LogP) is 1.65. The number of nitrogens with two attached hydrogens (primary N) is 1. The van der Waals surface area contributed by atoms with Crippen molar-refractivity contribution in [1.29, 1.82) is 0 Å². The molecule has 1 aromatic heterocycles. The van der Waals surface area contributed by atoms with Crippen molar-refractivity contribution in [2.24, 2.45) is 5.73 Å². The van der Waals surface area contributed by atoms with E-state index < -0.39 is 0 Å². The summed E-state index contributed by atoms with van der Waals surface area (Å²) in [5.74, 6) is 1.20. The van der Waals surface area contributed by atoms with E-state index in [9.17, 15) is 0 Å². The van der Waals surface area contributed by atoms with Crippen LogP contribution in [-0.2, 0) is 19.5 Å². The molecule has 1 aliphatic carbocycles. The summed E-state index contributed by atoms with van der Waals surface area (Å²) in [6.07, 6.45) is 2.29. The summed E-state index contributed by atoms with van der Waals surface area (Å²) in [5.41, 5.74) is 8.35. The molecular weight excluding hydrogens is 240 g/mol. The Hall–Kier alpha value is -1.72. The highest BCUT2D eigenvalue weighted by atomic mass is 16.5. The molecule has 1 aliphatic rings. The van der Waals surface area contributed by atoms with Gasteiger partial charge in [-0.15, -0.1) is 0 Å². The molecule has 0 aliphatic heterocycles. The lowest BCUT2D eigenvalue weighted by molar-refractivity contribution is 0.226. The lowest BCUT2D eigenvalue weighted by Gasteiger charge is -2.23. The van der Waals surface area contributed by atoms with Crippen molar-refractivity contribution >= 4 is 0 Å². The molecule has 0 radical (unpaired) electrons. The van der Waals surface area contributed by atoms with Crippen molar-refractivity contribution in [1.82, 2.24) is 15.0 Å². The van der Waals surface area contributed by atoms with Crippen LogP contribution in [0.5, 0.6) is 0 Å². The third kappa shape index (κ3) is 2.39. The van der Waals surface area contributed by atoms with Crippen LogP contribution in [0, 0.1) is 0 Å². The van der Waals surface area contributed by atoms with E-state index in [1.807, 2.05) is 0 Å². The Morgan fingerprint density at radius 2 is 2.26 bits per heavy atom. The van der Waals surface area contributed by atoms with Gasteiger partial charge in [-0.1, -0.05) is 29.4 Å². The molecule has 1 atom stereocenters. The van der Waals surface area contributed by atoms with Crippen LogP contribution in [-0.4, -0.2) is 22.1 Å². The minimum atomic E-state index is 0.295. The van der Waals surface area contributed by atoms with Crippen molar-refractivity contribution < 1.29 is 4.52 Å². The number of fused-ring (bicyclic) bond motifs is 1. The smallest absolute Gasteiger partial charge is 0.240 e. The molecule has 0 saturated carbocycles. The molecule has 19 heavy (non-hydrogen) atoms. The normalized spacial score (nSPS) is 17.9. The van der Waals surface area contributed by atoms with E-state index >= 15 is 0 Å². The number of aryl methyl sites for hydroxylation is 1. The Balaban J connectivity index is 1.73. The third-order valence-corrected chi connectivity index (χ3v) is 3.71. The van der Waals surface area contributed by atoms with Gasteiger partial charge in [0, 0.05) is 6.04 Å². The molecule has 0 amide bonds. The number of hydrogen-bond donors (Lipinski definition) is 1. The van der Waals surface area contributed by atoms with Gasteiger partial charge in [0.2, 0.25) is 5.89 Å². The summed E-state index contributed by atoms with van der Waals surface area (Å²) in [5, 5.41) is 3.95. The van der Waals surface area contributed by atoms with Gasteiger partial charge >= 0.3 is 0 Å². The van der Waals surface area contributed by atoms with E-state index in [0.29, 0.717) is 30.8 Å². The number of nitrogens with zero attached hydrogens (tertiary/aromatic N) is 3. The van der Waals surface area contributed by atoms with Gasteiger partial charge in [0.25, 0.3) is 0 Å². The van der Waals surface area contributed by atoms with Crippen LogP contribution in [0.2, 0.25) is 0 Å². The molecule has 0 fully saturated rings. The van der Waals surface area contributed by atoms with Gasteiger partial charge in [0.05, 0.1) is 13.1 Å². The molecule has 0 saturated heterocycles. The van der Waals surface area contributed by atoms with Crippen LogP contribution in [0.1, 0.15) is 35.3 Å². The molecule has 1 heterocycles. The molecular formula is C14H18N4O. The third-order valence-electron chi connectivity index (χ3n) is 3.71. The van der Waals surface area contributed by atoms with E-state index in [1.165, 1.54) is 11.1 Å². The predicted molar refractivity (Wildman–Crippen MR) is 71.2 cm³/mol. The summed E-state index contributed by atoms with van der Waals surface area (Å²) < 4.78 is 5.03. The lowest BCUT2D eigenvalue weighted by Crippen LogP contribution is -2.23. The quantitative estimate of drug-likeness (QED) is 0.903. The average Bonchev–Trinajstić information content (AvgIpc) is 3.04. The first kappa shape index (κ1) is 12.3. The summed E-state index contributed by atoms with van der Waals surface area (Å²) in [6, 6.07) is 9.07. The highest BCUT2D eigenvalue weighted by molar-refractivity contribution is 5.34. The zero-order valence-corrected chi connectivity index (χ0v) is 11.0. The second-order valence-electron chi connectivity index (χ2n) is 4.98.